The predicted octanol–water partition coefficient (Wildman–Crippen LogP) is 4.54. The fraction of sp³-hybridized carbons (Fsp3) is 0.0800. The molecule has 1 N–H and O–H groups in total. The van der Waals surface area contributed by atoms with Gasteiger partial charge in [0.2, 0.25) is 0 Å². The molecule has 1 heterocycles. The highest BCUT2D eigenvalue weighted by molar-refractivity contribution is 6.33. The lowest BCUT2D eigenvalue weighted by molar-refractivity contribution is -0.113. The van der Waals surface area contributed by atoms with Crippen LogP contribution in [-0.2, 0) is 4.79 Å². The number of rotatable bonds is 5. The lowest BCUT2D eigenvalue weighted by Gasteiger charge is -2.19. The van der Waals surface area contributed by atoms with Gasteiger partial charge in [0.05, 0.1) is 18.4 Å². The number of nitrogens with zero attached hydrogens (tertiary/aromatic N) is 2. The van der Waals surface area contributed by atoms with E-state index in [0.29, 0.717) is 22.8 Å². The van der Waals surface area contributed by atoms with Crippen molar-refractivity contribution in [1.29, 1.82) is 0 Å². The van der Waals surface area contributed by atoms with Crippen molar-refractivity contribution in [2.75, 3.05) is 12.0 Å². The molecule has 0 spiro atoms. The molecule has 6 heteroatoms. The van der Waals surface area contributed by atoms with E-state index in [1.165, 1.54) is 12.1 Å². The minimum absolute atomic E-state index is 0.184. The standard InChI is InChI=1S/C25H20N2O4/c1-16-3-7-18(8-4-16)23-26-22(15-17-5-9-19(10-6-17)25(29)30)24(28)27(23)20-11-13-21(31-2)14-12-20/h3-15H,1-2H3,(H,29,30)/b22-15+. The Morgan fingerprint density at radius 1 is 0.968 bits per heavy atom. The molecule has 1 aliphatic heterocycles. The van der Waals surface area contributed by atoms with E-state index in [0.717, 1.165) is 11.1 Å². The summed E-state index contributed by atoms with van der Waals surface area (Å²) in [4.78, 5) is 30.6. The van der Waals surface area contributed by atoms with E-state index >= 15 is 0 Å². The van der Waals surface area contributed by atoms with Crippen LogP contribution in [0.15, 0.2) is 83.5 Å². The maximum atomic E-state index is 13.3. The zero-order chi connectivity index (χ0) is 22.0. The SMILES string of the molecule is COc1ccc(N2C(=O)/C(=C\c3ccc(C(=O)O)cc3)N=C2c2ccc(C)cc2)cc1. The highest BCUT2D eigenvalue weighted by atomic mass is 16.5. The van der Waals surface area contributed by atoms with Crippen LogP contribution in [-0.4, -0.2) is 29.9 Å². The van der Waals surface area contributed by atoms with Gasteiger partial charge in [-0.2, -0.15) is 0 Å². The van der Waals surface area contributed by atoms with Crippen molar-refractivity contribution in [1.82, 2.24) is 0 Å². The number of amides is 1. The van der Waals surface area contributed by atoms with E-state index in [-0.39, 0.29) is 17.2 Å². The van der Waals surface area contributed by atoms with Gasteiger partial charge >= 0.3 is 5.97 Å². The first kappa shape index (κ1) is 20.1. The molecule has 1 amide bonds. The van der Waals surface area contributed by atoms with Crippen molar-refractivity contribution >= 4 is 29.5 Å². The number of aliphatic imine (C=N–C) groups is 1. The number of benzene rings is 3. The Kier molecular flexibility index (Phi) is 5.37. The van der Waals surface area contributed by atoms with Crippen LogP contribution >= 0.6 is 0 Å². The second-order valence-corrected chi connectivity index (χ2v) is 7.10. The average molecular weight is 412 g/mol. The van der Waals surface area contributed by atoms with Crippen molar-refractivity contribution in [2.24, 2.45) is 4.99 Å². The van der Waals surface area contributed by atoms with Gasteiger partial charge in [-0.25, -0.2) is 9.79 Å². The summed E-state index contributed by atoms with van der Waals surface area (Å²) in [6.45, 7) is 2.00. The molecule has 0 saturated heterocycles. The third kappa shape index (κ3) is 4.09. The van der Waals surface area contributed by atoms with E-state index in [1.54, 1.807) is 42.4 Å². The van der Waals surface area contributed by atoms with Crippen LogP contribution in [0.2, 0.25) is 0 Å². The van der Waals surface area contributed by atoms with Gasteiger partial charge in [0.15, 0.2) is 0 Å². The molecule has 0 fully saturated rings. The van der Waals surface area contributed by atoms with Crippen LogP contribution in [0, 0.1) is 6.92 Å². The van der Waals surface area contributed by atoms with Crippen LogP contribution in [0.25, 0.3) is 6.08 Å². The number of anilines is 1. The molecule has 0 aromatic heterocycles. The third-order valence-corrected chi connectivity index (χ3v) is 4.96. The molecule has 4 rings (SSSR count). The first-order valence-corrected chi connectivity index (χ1v) is 9.65. The number of carboxylic acids is 1. The number of carboxylic acid groups (broad SMARTS) is 1. The Morgan fingerprint density at radius 2 is 1.61 bits per heavy atom. The van der Waals surface area contributed by atoms with E-state index < -0.39 is 5.97 Å². The van der Waals surface area contributed by atoms with Crippen LogP contribution in [0.1, 0.15) is 27.0 Å². The lowest BCUT2D eigenvalue weighted by Crippen LogP contribution is -2.32. The number of carbonyl (C=O) groups is 2. The van der Waals surface area contributed by atoms with Gasteiger partial charge in [0.1, 0.15) is 17.3 Å². The molecule has 3 aromatic carbocycles. The van der Waals surface area contributed by atoms with Gasteiger partial charge in [-0.15, -0.1) is 0 Å². The Balaban J connectivity index is 1.77. The van der Waals surface area contributed by atoms with Gasteiger partial charge in [-0.3, -0.25) is 9.69 Å². The molecule has 0 aliphatic carbocycles. The number of aryl methyl sites for hydroxylation is 1. The number of amidine groups is 1. The predicted molar refractivity (Wildman–Crippen MR) is 120 cm³/mol. The molecular weight excluding hydrogens is 392 g/mol. The van der Waals surface area contributed by atoms with E-state index in [2.05, 4.69) is 4.99 Å². The van der Waals surface area contributed by atoms with E-state index in [4.69, 9.17) is 9.84 Å². The van der Waals surface area contributed by atoms with Gasteiger partial charge in [0, 0.05) is 5.56 Å². The number of hydrogen-bond donors (Lipinski definition) is 1. The third-order valence-electron chi connectivity index (χ3n) is 4.96. The summed E-state index contributed by atoms with van der Waals surface area (Å²) in [5.41, 5.74) is 3.75. The van der Waals surface area contributed by atoms with Crippen LogP contribution in [0.5, 0.6) is 5.75 Å². The summed E-state index contributed by atoms with van der Waals surface area (Å²) in [5.74, 6) is -0.0355. The summed E-state index contributed by atoms with van der Waals surface area (Å²) < 4.78 is 5.22. The van der Waals surface area contributed by atoms with Crippen LogP contribution < -0.4 is 9.64 Å². The van der Waals surface area contributed by atoms with Crippen LogP contribution in [0.4, 0.5) is 5.69 Å². The lowest BCUT2D eigenvalue weighted by atomic mass is 10.1. The maximum Gasteiger partial charge on any atom is 0.335 e. The first-order chi connectivity index (χ1) is 15.0. The van der Waals surface area contributed by atoms with Gasteiger partial charge in [0.25, 0.3) is 5.91 Å². The monoisotopic (exact) mass is 412 g/mol. The fourth-order valence-corrected chi connectivity index (χ4v) is 3.26. The second-order valence-electron chi connectivity index (χ2n) is 7.10. The number of methoxy groups -OCH3 is 1. The highest BCUT2D eigenvalue weighted by Gasteiger charge is 2.32. The Hall–Kier alpha value is -4.19. The molecule has 0 atom stereocenters. The van der Waals surface area contributed by atoms with E-state index in [1.807, 2.05) is 43.3 Å². The molecule has 6 nitrogen and oxygen atoms in total. The molecule has 0 bridgehead atoms. The van der Waals surface area contributed by atoms with Crippen molar-refractivity contribution < 1.29 is 19.4 Å². The second kappa shape index (κ2) is 8.28. The minimum atomic E-state index is -0.999. The highest BCUT2D eigenvalue weighted by Crippen LogP contribution is 2.29. The zero-order valence-electron chi connectivity index (χ0n) is 17.1. The molecule has 0 radical (unpaired) electrons. The summed E-state index contributed by atoms with van der Waals surface area (Å²) in [6, 6.07) is 21.3. The number of hydrogen-bond acceptors (Lipinski definition) is 4. The smallest absolute Gasteiger partial charge is 0.335 e. The average Bonchev–Trinajstić information content (AvgIpc) is 3.10. The normalized spacial score (nSPS) is 14.6. The van der Waals surface area contributed by atoms with Gasteiger partial charge in [-0.05, 0) is 55.0 Å². The summed E-state index contributed by atoms with van der Waals surface area (Å²) in [7, 11) is 1.59. The first-order valence-electron chi connectivity index (χ1n) is 9.65. The topological polar surface area (TPSA) is 79.2 Å². The number of carbonyl (C=O) groups excluding carboxylic acids is 1. The van der Waals surface area contributed by atoms with Crippen molar-refractivity contribution in [3.8, 4) is 5.75 Å². The summed E-state index contributed by atoms with van der Waals surface area (Å²) in [5, 5.41) is 9.07. The molecule has 154 valence electrons. The molecule has 1 aliphatic rings. The quantitative estimate of drug-likeness (QED) is 0.624. The Morgan fingerprint density at radius 3 is 2.19 bits per heavy atom. The molecule has 31 heavy (non-hydrogen) atoms. The minimum Gasteiger partial charge on any atom is -0.497 e. The largest absolute Gasteiger partial charge is 0.497 e. The molecule has 0 unspecified atom stereocenters. The van der Waals surface area contributed by atoms with Crippen molar-refractivity contribution in [2.45, 2.75) is 6.92 Å². The molecule has 3 aromatic rings. The molecule has 0 saturated carbocycles. The number of aromatic carboxylic acids is 1. The van der Waals surface area contributed by atoms with E-state index in [9.17, 15) is 9.59 Å². The Labute approximate surface area is 179 Å². The maximum absolute atomic E-state index is 13.3. The molecular formula is C25H20N2O4. The van der Waals surface area contributed by atoms with Crippen molar-refractivity contribution in [3.63, 3.8) is 0 Å². The summed E-state index contributed by atoms with van der Waals surface area (Å²) in [6.07, 6.45) is 1.66. The fourth-order valence-electron chi connectivity index (χ4n) is 3.26. The zero-order valence-corrected chi connectivity index (χ0v) is 17.1. The Bertz CT molecular complexity index is 1190. The number of ether oxygens (including phenoxy) is 1. The van der Waals surface area contributed by atoms with Crippen LogP contribution in [0.3, 0.4) is 0 Å². The van der Waals surface area contributed by atoms with Gasteiger partial charge < -0.3 is 9.84 Å². The van der Waals surface area contributed by atoms with Gasteiger partial charge in [-0.1, -0.05) is 42.0 Å². The summed E-state index contributed by atoms with van der Waals surface area (Å²) >= 11 is 0. The van der Waals surface area contributed by atoms with Crippen molar-refractivity contribution in [3.05, 3.63) is 101 Å².